The summed E-state index contributed by atoms with van der Waals surface area (Å²) in [5, 5.41) is 9.32. The maximum atomic E-state index is 12.1. The first-order valence-corrected chi connectivity index (χ1v) is 4.40. The smallest absolute Gasteiger partial charge is 0.289 e. The molecule has 66 valence electrons. The van der Waals surface area contributed by atoms with Gasteiger partial charge in [-0.3, -0.25) is 0 Å². The van der Waals surface area contributed by atoms with Crippen LogP contribution in [0.4, 0.5) is 8.78 Å². The fourth-order valence-electron chi connectivity index (χ4n) is 0.968. The van der Waals surface area contributed by atoms with Gasteiger partial charge in [-0.1, -0.05) is 0 Å². The van der Waals surface area contributed by atoms with E-state index in [4.69, 9.17) is 0 Å². The van der Waals surface area contributed by atoms with E-state index < -0.39 is 12.0 Å². The molecule has 1 aliphatic rings. The maximum absolute atomic E-state index is 12.1. The quantitative estimate of drug-likeness (QED) is 0.776. The summed E-state index contributed by atoms with van der Waals surface area (Å²) < 4.78 is 24.1. The third kappa shape index (κ3) is 1.23. The molecular formula is C7H7F2NOS. The Balaban J connectivity index is 2.25. The van der Waals surface area contributed by atoms with Crippen molar-refractivity contribution in [3.8, 4) is 0 Å². The summed E-state index contributed by atoms with van der Waals surface area (Å²) >= 11 is 0.899. The summed E-state index contributed by atoms with van der Waals surface area (Å²) in [6.07, 6.45) is 0.153. The molecule has 2 rings (SSSR count). The first-order chi connectivity index (χ1) is 5.62. The Kier molecular flexibility index (Phi) is 1.66. The second kappa shape index (κ2) is 2.47. The molecule has 1 N–H and O–H groups in total. The fraction of sp³-hybridized carbons (Fsp3) is 0.571. The van der Waals surface area contributed by atoms with Crippen LogP contribution in [0.5, 0.6) is 0 Å². The minimum Gasteiger partial charge on any atom is -0.384 e. The van der Waals surface area contributed by atoms with E-state index in [-0.39, 0.29) is 5.01 Å². The van der Waals surface area contributed by atoms with E-state index in [1.54, 1.807) is 0 Å². The zero-order chi connectivity index (χ0) is 8.77. The lowest BCUT2D eigenvalue weighted by molar-refractivity contribution is 0.151. The number of hydrogen-bond donors (Lipinski definition) is 1. The molecule has 0 spiro atoms. The second-order valence-corrected chi connectivity index (χ2v) is 3.96. The molecule has 5 heteroatoms. The van der Waals surface area contributed by atoms with E-state index in [0.717, 1.165) is 11.3 Å². The van der Waals surface area contributed by atoms with Gasteiger partial charge in [-0.15, -0.1) is 11.3 Å². The molecule has 0 amide bonds. The zero-order valence-electron chi connectivity index (χ0n) is 6.13. The van der Waals surface area contributed by atoms with Crippen molar-refractivity contribution in [1.82, 2.24) is 4.98 Å². The summed E-state index contributed by atoms with van der Waals surface area (Å²) in [6, 6.07) is 0. The van der Waals surface area contributed by atoms with E-state index >= 15 is 0 Å². The molecular weight excluding hydrogens is 184 g/mol. The number of hydrogen-bond acceptors (Lipinski definition) is 3. The van der Waals surface area contributed by atoms with Crippen LogP contribution in [-0.2, 0) is 5.60 Å². The number of alkyl halides is 2. The number of aromatic nitrogens is 1. The Morgan fingerprint density at radius 3 is 2.67 bits per heavy atom. The van der Waals surface area contributed by atoms with Gasteiger partial charge in [0, 0.05) is 6.20 Å². The molecule has 1 aromatic rings. The molecule has 1 saturated carbocycles. The van der Waals surface area contributed by atoms with E-state index in [1.807, 2.05) is 0 Å². The third-order valence-corrected chi connectivity index (χ3v) is 3.09. The largest absolute Gasteiger partial charge is 0.384 e. The maximum Gasteiger partial charge on any atom is 0.289 e. The molecule has 1 fully saturated rings. The van der Waals surface area contributed by atoms with Crippen LogP contribution >= 0.6 is 11.3 Å². The average Bonchev–Trinajstić information content (AvgIpc) is 2.61. The topological polar surface area (TPSA) is 33.1 Å². The van der Waals surface area contributed by atoms with Gasteiger partial charge in [0.15, 0.2) is 5.01 Å². The minimum absolute atomic E-state index is 0.203. The monoisotopic (exact) mass is 191 g/mol. The Morgan fingerprint density at radius 1 is 1.58 bits per heavy atom. The van der Waals surface area contributed by atoms with Crippen molar-refractivity contribution < 1.29 is 13.9 Å². The molecule has 0 bridgehead atoms. The molecule has 12 heavy (non-hydrogen) atoms. The van der Waals surface area contributed by atoms with Crippen LogP contribution in [0.3, 0.4) is 0 Å². The highest BCUT2D eigenvalue weighted by Gasteiger charge is 2.44. The molecule has 0 atom stereocenters. The van der Waals surface area contributed by atoms with E-state index in [0.29, 0.717) is 17.7 Å². The van der Waals surface area contributed by atoms with Crippen LogP contribution in [0.2, 0.25) is 0 Å². The summed E-state index contributed by atoms with van der Waals surface area (Å²) in [5.74, 6) is 0. The lowest BCUT2D eigenvalue weighted by Gasteiger charge is -2.00. The standard InChI is InChI=1S/C7H7F2NOS/c8-5(9)6-10-3-4(12-6)7(11)1-2-7/h3,5,11H,1-2H2. The number of rotatable bonds is 2. The SMILES string of the molecule is OC1(c2cnc(C(F)F)s2)CC1. The van der Waals surface area contributed by atoms with Crippen LogP contribution in [0, 0.1) is 0 Å². The van der Waals surface area contributed by atoms with Gasteiger partial charge in [-0.25, -0.2) is 13.8 Å². The number of halogens is 2. The third-order valence-electron chi connectivity index (χ3n) is 1.89. The highest BCUT2D eigenvalue weighted by atomic mass is 32.1. The Bertz CT molecular complexity index is 295. The predicted octanol–water partition coefficient (Wildman–Crippen LogP) is 2.06. The zero-order valence-corrected chi connectivity index (χ0v) is 6.94. The van der Waals surface area contributed by atoms with Gasteiger partial charge < -0.3 is 5.11 Å². The first-order valence-electron chi connectivity index (χ1n) is 3.58. The van der Waals surface area contributed by atoms with Crippen molar-refractivity contribution in [3.05, 3.63) is 16.1 Å². The highest BCUT2D eigenvalue weighted by Crippen LogP contribution is 2.47. The predicted molar refractivity (Wildman–Crippen MR) is 40.2 cm³/mol. The van der Waals surface area contributed by atoms with Crippen molar-refractivity contribution in [1.29, 1.82) is 0 Å². The van der Waals surface area contributed by atoms with Crippen molar-refractivity contribution in [2.24, 2.45) is 0 Å². The van der Waals surface area contributed by atoms with Gasteiger partial charge in [-0.05, 0) is 12.8 Å². The van der Waals surface area contributed by atoms with Crippen molar-refractivity contribution in [3.63, 3.8) is 0 Å². The molecule has 2 nitrogen and oxygen atoms in total. The van der Waals surface area contributed by atoms with Gasteiger partial charge in [0.05, 0.1) is 4.88 Å². The number of thiazole rings is 1. The lowest BCUT2D eigenvalue weighted by Crippen LogP contribution is -1.99. The van der Waals surface area contributed by atoms with Crippen LogP contribution in [-0.4, -0.2) is 10.1 Å². The number of aliphatic hydroxyl groups is 1. The summed E-state index contributed by atoms with van der Waals surface area (Å²) in [5.41, 5.74) is -0.829. The summed E-state index contributed by atoms with van der Waals surface area (Å²) in [6.45, 7) is 0. The van der Waals surface area contributed by atoms with Crippen LogP contribution in [0.15, 0.2) is 6.20 Å². The van der Waals surface area contributed by atoms with Crippen LogP contribution in [0.25, 0.3) is 0 Å². The van der Waals surface area contributed by atoms with Crippen molar-refractivity contribution in [2.75, 3.05) is 0 Å². The fourth-order valence-corrected chi connectivity index (χ4v) is 1.89. The van der Waals surface area contributed by atoms with Gasteiger partial charge in [0.2, 0.25) is 0 Å². The van der Waals surface area contributed by atoms with Crippen molar-refractivity contribution >= 4 is 11.3 Å². The first kappa shape index (κ1) is 8.07. The molecule has 1 aliphatic carbocycles. The average molecular weight is 191 g/mol. The number of nitrogens with zero attached hydrogens (tertiary/aromatic N) is 1. The van der Waals surface area contributed by atoms with Crippen LogP contribution < -0.4 is 0 Å². The normalized spacial score (nSPS) is 20.0. The van der Waals surface area contributed by atoms with Crippen LogP contribution in [0.1, 0.15) is 29.2 Å². The molecule has 1 heterocycles. The molecule has 0 saturated heterocycles. The van der Waals surface area contributed by atoms with Gasteiger partial charge in [0.1, 0.15) is 5.60 Å². The summed E-state index contributed by atoms with van der Waals surface area (Å²) in [4.78, 5) is 4.10. The Labute approximate surface area is 71.9 Å². The Morgan fingerprint density at radius 2 is 2.25 bits per heavy atom. The van der Waals surface area contributed by atoms with Gasteiger partial charge >= 0.3 is 0 Å². The second-order valence-electron chi connectivity index (χ2n) is 2.90. The van der Waals surface area contributed by atoms with E-state index in [9.17, 15) is 13.9 Å². The summed E-state index contributed by atoms with van der Waals surface area (Å²) in [7, 11) is 0. The van der Waals surface area contributed by atoms with E-state index in [2.05, 4.69) is 4.98 Å². The molecule has 0 unspecified atom stereocenters. The molecule has 0 radical (unpaired) electrons. The minimum atomic E-state index is -2.52. The molecule has 0 aliphatic heterocycles. The van der Waals surface area contributed by atoms with E-state index in [1.165, 1.54) is 6.20 Å². The lowest BCUT2D eigenvalue weighted by atomic mass is 10.3. The van der Waals surface area contributed by atoms with Gasteiger partial charge in [0.25, 0.3) is 6.43 Å². The Hall–Kier alpha value is -0.550. The molecule has 0 aromatic carbocycles. The molecule has 1 aromatic heterocycles. The highest BCUT2D eigenvalue weighted by molar-refractivity contribution is 7.11. The van der Waals surface area contributed by atoms with Crippen molar-refractivity contribution in [2.45, 2.75) is 24.9 Å². The van der Waals surface area contributed by atoms with Gasteiger partial charge in [-0.2, -0.15) is 0 Å².